The van der Waals surface area contributed by atoms with E-state index in [9.17, 15) is 36.3 Å². The van der Waals surface area contributed by atoms with Crippen LogP contribution in [0.2, 0.25) is 0 Å². The molecule has 1 atom stereocenters. The summed E-state index contributed by atoms with van der Waals surface area (Å²) in [7, 11) is -4.34. The van der Waals surface area contributed by atoms with E-state index in [1.807, 2.05) is 30.3 Å². The van der Waals surface area contributed by atoms with Crippen LogP contribution in [0.5, 0.6) is 0 Å². The van der Waals surface area contributed by atoms with Crippen LogP contribution in [-0.4, -0.2) is 29.8 Å². The summed E-state index contributed by atoms with van der Waals surface area (Å²) in [5, 5.41) is 10.8. The summed E-state index contributed by atoms with van der Waals surface area (Å²) in [5.74, 6) is -2.42. The zero-order chi connectivity index (χ0) is 26.7. The molecule has 6 nitrogen and oxygen atoms in total. The number of benzene rings is 3. The second-order valence-corrected chi connectivity index (χ2v) is 11.4. The zero-order valence-corrected chi connectivity index (χ0v) is 21.2. The third-order valence-corrected chi connectivity index (χ3v) is 8.96. The van der Waals surface area contributed by atoms with Crippen molar-refractivity contribution in [3.05, 3.63) is 98.2 Å². The third kappa shape index (κ3) is 4.25. The molecule has 1 aliphatic heterocycles. The minimum Gasteiger partial charge on any atom is -0.480 e. The lowest BCUT2D eigenvalue weighted by Gasteiger charge is -2.20. The quantitative estimate of drug-likeness (QED) is 0.340. The summed E-state index contributed by atoms with van der Waals surface area (Å²) in [5.41, 5.74) is -1.25. The molecule has 1 aromatic heterocycles. The molecule has 1 unspecified atom stereocenters. The van der Waals surface area contributed by atoms with E-state index in [1.165, 1.54) is 6.07 Å². The van der Waals surface area contributed by atoms with E-state index in [0.717, 1.165) is 29.0 Å². The Labute approximate surface area is 217 Å². The molecule has 0 saturated heterocycles. The summed E-state index contributed by atoms with van der Waals surface area (Å²) < 4.78 is 67.8. The molecule has 0 aliphatic carbocycles. The van der Waals surface area contributed by atoms with Crippen LogP contribution in [0.3, 0.4) is 0 Å². The monoisotopic (exact) mass is 591 g/mol. The SMILES string of the molecule is O=C(O)C1CS(=O)(=O)c2c(-c3cccc(C(F)(F)F)c3)c(Cc3cccc4ccccc34)c(Br)c(=O)n21. The highest BCUT2D eigenvalue weighted by molar-refractivity contribution is 9.10. The highest BCUT2D eigenvalue weighted by atomic mass is 79.9. The van der Waals surface area contributed by atoms with Crippen molar-refractivity contribution >= 4 is 42.5 Å². The van der Waals surface area contributed by atoms with Gasteiger partial charge in [-0.05, 0) is 55.5 Å². The maximum absolute atomic E-state index is 13.6. The van der Waals surface area contributed by atoms with Crippen LogP contribution in [-0.2, 0) is 27.2 Å². The fourth-order valence-corrected chi connectivity index (χ4v) is 7.23. The Morgan fingerprint density at radius 1 is 1.05 bits per heavy atom. The predicted molar refractivity (Wildman–Crippen MR) is 134 cm³/mol. The normalized spacial score (nSPS) is 16.6. The first-order chi connectivity index (χ1) is 17.4. The van der Waals surface area contributed by atoms with Crippen molar-refractivity contribution in [3.63, 3.8) is 0 Å². The van der Waals surface area contributed by atoms with Gasteiger partial charge in [-0.15, -0.1) is 0 Å². The highest BCUT2D eigenvalue weighted by Crippen LogP contribution is 2.42. The second kappa shape index (κ2) is 8.84. The van der Waals surface area contributed by atoms with E-state index >= 15 is 0 Å². The number of fused-ring (bicyclic) bond motifs is 2. The standard InChI is InChI=1S/C26H17BrF3NO5S/c27-22-19(12-15-7-3-6-14-5-1-2-10-18(14)15)21(16-8-4-9-17(11-16)26(28,29)30)24-31(23(22)32)20(25(33)34)13-37(24,35)36/h1-11,20H,12-13H2,(H,33,34). The molecule has 0 saturated carbocycles. The van der Waals surface area contributed by atoms with Crippen molar-refractivity contribution < 1.29 is 31.5 Å². The van der Waals surface area contributed by atoms with E-state index in [4.69, 9.17) is 0 Å². The minimum atomic E-state index is -4.71. The van der Waals surface area contributed by atoms with E-state index in [0.29, 0.717) is 10.1 Å². The number of aliphatic carboxylic acids is 1. The van der Waals surface area contributed by atoms with Gasteiger partial charge in [0.25, 0.3) is 5.56 Å². The lowest BCUT2D eigenvalue weighted by atomic mass is 9.93. The molecular weight excluding hydrogens is 575 g/mol. The van der Waals surface area contributed by atoms with Gasteiger partial charge >= 0.3 is 12.1 Å². The average Bonchev–Trinajstić information content (AvgIpc) is 3.13. The van der Waals surface area contributed by atoms with Crippen molar-refractivity contribution in [1.82, 2.24) is 4.57 Å². The number of nitrogens with zero attached hydrogens (tertiary/aromatic N) is 1. The van der Waals surface area contributed by atoms with Crippen LogP contribution in [0.25, 0.3) is 21.9 Å². The van der Waals surface area contributed by atoms with Crippen molar-refractivity contribution in [1.29, 1.82) is 0 Å². The molecule has 11 heteroatoms. The molecule has 4 aromatic rings. The third-order valence-electron chi connectivity index (χ3n) is 6.40. The molecule has 3 aromatic carbocycles. The molecule has 0 fully saturated rings. The Bertz CT molecular complexity index is 1760. The molecule has 190 valence electrons. The van der Waals surface area contributed by atoms with Gasteiger partial charge < -0.3 is 5.11 Å². The Morgan fingerprint density at radius 2 is 1.73 bits per heavy atom. The number of carbonyl (C=O) groups is 1. The number of rotatable bonds is 4. The minimum absolute atomic E-state index is 0.00382. The summed E-state index contributed by atoms with van der Waals surface area (Å²) in [4.78, 5) is 25.2. The molecule has 37 heavy (non-hydrogen) atoms. The maximum atomic E-state index is 13.6. The Kier molecular flexibility index (Phi) is 6.03. The zero-order valence-electron chi connectivity index (χ0n) is 18.8. The van der Waals surface area contributed by atoms with Crippen LogP contribution in [0, 0.1) is 0 Å². The van der Waals surface area contributed by atoms with Gasteiger partial charge in [0, 0.05) is 12.0 Å². The molecule has 0 amide bonds. The fourth-order valence-electron chi connectivity index (χ4n) is 4.77. The van der Waals surface area contributed by atoms with Crippen LogP contribution < -0.4 is 5.56 Å². The van der Waals surface area contributed by atoms with Crippen LogP contribution in [0.15, 0.2) is 81.0 Å². The molecule has 0 radical (unpaired) electrons. The van der Waals surface area contributed by atoms with Gasteiger partial charge in [0.2, 0.25) is 0 Å². The molecule has 0 spiro atoms. The van der Waals surface area contributed by atoms with Crippen molar-refractivity contribution in [3.8, 4) is 11.1 Å². The second-order valence-electron chi connectivity index (χ2n) is 8.68. The molecular formula is C26H17BrF3NO5S. The van der Waals surface area contributed by atoms with Gasteiger partial charge in [0.05, 0.1) is 15.8 Å². The van der Waals surface area contributed by atoms with Crippen LogP contribution in [0.4, 0.5) is 13.2 Å². The van der Waals surface area contributed by atoms with Gasteiger partial charge in [-0.2, -0.15) is 13.2 Å². The van der Waals surface area contributed by atoms with E-state index in [2.05, 4.69) is 15.9 Å². The number of hydrogen-bond donors (Lipinski definition) is 1. The summed E-state index contributed by atoms with van der Waals surface area (Å²) >= 11 is 3.23. The van der Waals surface area contributed by atoms with Gasteiger partial charge in [-0.25, -0.2) is 13.2 Å². The van der Waals surface area contributed by atoms with Crippen LogP contribution >= 0.6 is 15.9 Å². The number of aromatic nitrogens is 1. The smallest absolute Gasteiger partial charge is 0.416 e. The number of carboxylic acids is 1. The van der Waals surface area contributed by atoms with E-state index < -0.39 is 49.9 Å². The summed E-state index contributed by atoms with van der Waals surface area (Å²) in [6.07, 6.45) is -4.70. The van der Waals surface area contributed by atoms with Gasteiger partial charge in [0.1, 0.15) is 11.1 Å². The molecule has 1 N–H and O–H groups in total. The van der Waals surface area contributed by atoms with Gasteiger partial charge in [-0.3, -0.25) is 9.36 Å². The lowest BCUT2D eigenvalue weighted by molar-refractivity contribution is -0.140. The average molecular weight is 592 g/mol. The molecule has 1 aliphatic rings. The first kappa shape index (κ1) is 25.2. The molecule has 5 rings (SSSR count). The molecule has 0 bridgehead atoms. The number of carboxylic acid groups (broad SMARTS) is 1. The fraction of sp³-hybridized carbons (Fsp3) is 0.154. The first-order valence-corrected chi connectivity index (χ1v) is 13.4. The van der Waals surface area contributed by atoms with Gasteiger partial charge in [-0.1, -0.05) is 54.6 Å². The van der Waals surface area contributed by atoms with E-state index in [-0.39, 0.29) is 27.6 Å². The van der Waals surface area contributed by atoms with Crippen molar-refractivity contribution in [2.45, 2.75) is 23.7 Å². The summed E-state index contributed by atoms with van der Waals surface area (Å²) in [6.45, 7) is 0. The maximum Gasteiger partial charge on any atom is 0.416 e. The van der Waals surface area contributed by atoms with Crippen molar-refractivity contribution in [2.24, 2.45) is 0 Å². The number of halogens is 4. The number of sulfone groups is 1. The number of alkyl halides is 3. The Morgan fingerprint density at radius 3 is 2.43 bits per heavy atom. The topological polar surface area (TPSA) is 93.4 Å². The van der Waals surface area contributed by atoms with E-state index in [1.54, 1.807) is 12.1 Å². The Balaban J connectivity index is 1.89. The number of hydrogen-bond acceptors (Lipinski definition) is 4. The summed E-state index contributed by atoms with van der Waals surface area (Å²) in [6, 6.07) is 15.2. The Hall–Kier alpha value is -3.44. The lowest BCUT2D eigenvalue weighted by Crippen LogP contribution is -2.30. The number of pyridine rings is 1. The predicted octanol–water partition coefficient (Wildman–Crippen LogP) is 5.45. The first-order valence-electron chi connectivity index (χ1n) is 11.0. The highest BCUT2D eigenvalue weighted by Gasteiger charge is 2.44. The molecule has 2 heterocycles. The van der Waals surface area contributed by atoms with Gasteiger partial charge in [0.15, 0.2) is 9.84 Å². The van der Waals surface area contributed by atoms with Crippen LogP contribution in [0.1, 0.15) is 22.7 Å². The van der Waals surface area contributed by atoms with Crippen molar-refractivity contribution in [2.75, 3.05) is 5.75 Å². The largest absolute Gasteiger partial charge is 0.480 e.